The minimum atomic E-state index is -0.586. The van der Waals surface area contributed by atoms with Crippen LogP contribution >= 0.6 is 109 Å². The van der Waals surface area contributed by atoms with E-state index >= 15 is 0 Å². The molecule has 0 spiro atoms. The Labute approximate surface area is 757 Å². The van der Waals surface area contributed by atoms with E-state index in [-0.39, 0.29) is 68.8 Å². The van der Waals surface area contributed by atoms with Gasteiger partial charge in [0.15, 0.2) is 57.5 Å². The van der Waals surface area contributed by atoms with Gasteiger partial charge in [-0.15, -0.1) is 0 Å². The molecule has 0 atom stereocenters. The topological polar surface area (TPSA) is 357 Å². The number of aryl methyl sites for hydroxylation is 9. The van der Waals surface area contributed by atoms with Crippen molar-refractivity contribution in [2.24, 2.45) is 5.73 Å². The third-order valence-electron chi connectivity index (χ3n) is 18.8. The first kappa shape index (κ1) is 105. The van der Waals surface area contributed by atoms with E-state index in [1.807, 2.05) is 95.3 Å². The molecule has 6 N–H and O–H groups in total. The molecule has 644 valence electrons. The van der Waals surface area contributed by atoms with Gasteiger partial charge in [0.2, 0.25) is 11.0 Å². The van der Waals surface area contributed by atoms with Crippen LogP contribution in [0.4, 0.5) is 28.7 Å². The van der Waals surface area contributed by atoms with Crippen molar-refractivity contribution < 1.29 is 52.7 Å². The SMILES string of the molecule is C.C.C.C.COc1ccc(CN)cc1OC1CCCC1.COc1ccc(CNc2nc(C)nc(C)c2N)cc1OC1CCCC1.COc1ccc(CNc2nc(C)nc(C)c2[N+](=O)[O-])cc1OC1CCCC1.COc1ccc(Cn2c(C)nc3c(C)nc(C)nc32)cc1OC1CCCC1.Cc1nc(C)c([N+](=O)[O-])c(Cl)n1.II.[I][V]([I])[I]. The zero-order valence-corrected chi connectivity index (χ0v) is 79.0. The first-order valence-electron chi connectivity index (χ1n) is 37.0. The average Bonchev–Trinajstić information content (AvgIpc) is 1.64. The number of methoxy groups -OCH3 is 4. The number of nitrogens with zero attached hydrogens (tertiary/aromatic N) is 12. The fraction of sp³-hybridized carbons (Fsp3) is 0.500. The number of nitro groups is 2. The van der Waals surface area contributed by atoms with Crippen molar-refractivity contribution in [3.8, 4) is 46.0 Å². The van der Waals surface area contributed by atoms with Gasteiger partial charge in [0.25, 0.3) is 0 Å². The third kappa shape index (κ3) is 32.6. The zero-order valence-electron chi connectivity index (χ0n) is 66.0. The Morgan fingerprint density at radius 2 is 0.769 bits per heavy atom. The van der Waals surface area contributed by atoms with Crippen LogP contribution in [0.15, 0.2) is 72.8 Å². The molecule has 0 radical (unpaired) electrons. The Morgan fingerprint density at radius 3 is 1.15 bits per heavy atom. The summed E-state index contributed by atoms with van der Waals surface area (Å²) < 4.78 is 48.2. The number of rotatable bonds is 23. The summed E-state index contributed by atoms with van der Waals surface area (Å²) in [5, 5.41) is 28.0. The normalized spacial score (nSPS) is 13.4. The summed E-state index contributed by atoms with van der Waals surface area (Å²) in [6, 6.07) is 23.7. The summed E-state index contributed by atoms with van der Waals surface area (Å²) in [4.78, 5) is 58.6. The zero-order chi connectivity index (χ0) is 82.4. The number of hydrogen-bond acceptors (Lipinski definition) is 25. The first-order valence-corrected chi connectivity index (χ1v) is 57.2. The van der Waals surface area contributed by atoms with Gasteiger partial charge < -0.3 is 64.6 Å². The van der Waals surface area contributed by atoms with Crippen molar-refractivity contribution in [3.05, 3.63) is 172 Å². The Balaban J connectivity index is 0.000000377. The van der Waals surface area contributed by atoms with Crippen LogP contribution in [0.1, 0.15) is 207 Å². The fourth-order valence-electron chi connectivity index (χ4n) is 13.3. The standard InChI is InChI=1S/C21H26N4O2.C19H24N4O4.C19H26N4O2.C13H19NO2.C6H6ClN3O2.4CH4.I2.3HI.V/c1-13-20-21(23-14(2)22-13)25(15(3)24-20)12-16-9-10-18(26-4)19(11-16)27-17-7-5-6-8-17;1-12-18(23(24)25)19(22-13(2)21-12)20-11-14-8-9-16(26-3)17(10-14)27-15-6-4-5-7-15;1-12-18(20)19(23-13(2)22-12)21-11-14-8-9-16(24-3)17(10-14)25-15-6-4-5-7-15;1-15-12-7-6-10(9-14)8-13(12)16-11-4-2-3-5-11;1-3-5(10(11)12)6(7)9-4(2)8-3;;;;;1-2;;;;/h9-11,17H,5-8,12H2,1-4H3;8-10,15H,4-7,11H2,1-3H3,(H,20,21,22);8-10,15H,4-7,11,20H2,1-3H3,(H,21,22,23);6-8,11H,2-5,9,14H2,1H3;1-2H3;4*1H4;;3*1H;/q;;;;;;;;;;;;;+3/p-3. The first-order chi connectivity index (χ1) is 54.2. The molecule has 4 saturated carbocycles. The van der Waals surface area contributed by atoms with E-state index in [0.29, 0.717) is 90.7 Å². The van der Waals surface area contributed by atoms with Crippen LogP contribution in [0, 0.1) is 82.5 Å². The molecule has 9 aromatic rings. The molecular weight excluding hydrogens is 2120 g/mol. The number of nitrogens with one attached hydrogen (secondary N) is 2. The number of imidazole rings is 1. The van der Waals surface area contributed by atoms with Gasteiger partial charge in [-0.3, -0.25) is 20.2 Å². The van der Waals surface area contributed by atoms with Crippen LogP contribution in [0.25, 0.3) is 11.2 Å². The predicted molar refractivity (Wildman–Crippen MR) is 509 cm³/mol. The van der Waals surface area contributed by atoms with E-state index in [1.54, 1.807) is 49.2 Å². The van der Waals surface area contributed by atoms with Crippen molar-refractivity contribution in [2.45, 2.75) is 245 Å². The summed E-state index contributed by atoms with van der Waals surface area (Å²) in [5.41, 5.74) is 20.3. The number of benzene rings is 4. The Kier molecular flexibility index (Phi) is 48.0. The van der Waals surface area contributed by atoms with Crippen LogP contribution < -0.4 is 60.0 Å². The number of hydrogen-bond donors (Lipinski definition) is 4. The van der Waals surface area contributed by atoms with Crippen molar-refractivity contribution in [3.63, 3.8) is 0 Å². The summed E-state index contributed by atoms with van der Waals surface area (Å²) in [6.45, 7) is 18.3. The van der Waals surface area contributed by atoms with E-state index in [2.05, 4.69) is 169 Å². The maximum absolute atomic E-state index is 11.3. The van der Waals surface area contributed by atoms with Gasteiger partial charge in [-0.1, -0.05) is 65.6 Å². The summed E-state index contributed by atoms with van der Waals surface area (Å²) in [5.74, 6) is 10.4. The average molecular weight is 2240 g/mol. The van der Waals surface area contributed by atoms with E-state index in [4.69, 9.17) is 61.0 Å². The number of ether oxygens (including phenoxy) is 8. The van der Waals surface area contributed by atoms with Gasteiger partial charge in [-0.25, -0.2) is 44.9 Å². The van der Waals surface area contributed by atoms with Crippen LogP contribution in [0.2, 0.25) is 5.15 Å². The molecule has 5 aromatic heterocycles. The molecular formula is C82H117ClI5N16O12V. The van der Waals surface area contributed by atoms with Gasteiger partial charge in [0.05, 0.1) is 86.3 Å². The van der Waals surface area contributed by atoms with Gasteiger partial charge >= 0.3 is 76.2 Å². The van der Waals surface area contributed by atoms with Crippen molar-refractivity contribution in [1.29, 1.82) is 0 Å². The molecule has 35 heteroatoms. The molecule has 0 saturated heterocycles. The second kappa shape index (κ2) is 53.5. The Hall–Kier alpha value is -6.25. The van der Waals surface area contributed by atoms with E-state index < -0.39 is 9.85 Å². The predicted octanol–water partition coefficient (Wildman–Crippen LogP) is 22.8. The molecule has 4 aliphatic rings. The Morgan fingerprint density at radius 1 is 0.453 bits per heavy atom. The monoisotopic (exact) mass is 2240 g/mol. The summed E-state index contributed by atoms with van der Waals surface area (Å²) in [6.07, 6.45) is 19.9. The minimum absolute atomic E-state index is 0. The molecule has 0 unspecified atom stereocenters. The number of anilines is 3. The van der Waals surface area contributed by atoms with Crippen molar-refractivity contribution in [1.82, 2.24) is 49.4 Å². The van der Waals surface area contributed by atoms with Crippen molar-refractivity contribution in [2.75, 3.05) is 44.8 Å². The summed E-state index contributed by atoms with van der Waals surface area (Å²) >= 11 is 17.2. The fourth-order valence-corrected chi connectivity index (χ4v) is 13.7. The molecule has 4 aliphatic carbocycles. The molecule has 4 fully saturated rings. The molecule has 5 heterocycles. The molecule has 13 rings (SSSR count). The maximum atomic E-state index is 11.3. The number of halogens is 6. The number of aromatic nitrogens is 10. The Bertz CT molecular complexity index is 4570. The van der Waals surface area contributed by atoms with Gasteiger partial charge in [-0.05, 0) is 236 Å². The van der Waals surface area contributed by atoms with Crippen LogP contribution in [0.5, 0.6) is 46.0 Å². The van der Waals surface area contributed by atoms with Crippen molar-refractivity contribution >= 4 is 149 Å². The molecule has 4 aromatic carbocycles. The van der Waals surface area contributed by atoms with Gasteiger partial charge in [0, 0.05) is 56.9 Å². The quantitative estimate of drug-likeness (QED) is 0.0200. The van der Waals surface area contributed by atoms with E-state index in [0.717, 1.165) is 142 Å². The van der Waals surface area contributed by atoms with E-state index in [9.17, 15) is 20.2 Å². The molecule has 0 amide bonds. The third-order valence-corrected chi connectivity index (χ3v) is 19.0. The summed E-state index contributed by atoms with van der Waals surface area (Å²) in [7, 11) is 6.64. The number of fused-ring (bicyclic) bond motifs is 1. The second-order valence-electron chi connectivity index (χ2n) is 27.1. The molecule has 0 bridgehead atoms. The van der Waals surface area contributed by atoms with Crippen LogP contribution in [-0.2, 0) is 31.1 Å². The van der Waals surface area contributed by atoms with E-state index in [1.165, 1.54) is 58.3 Å². The van der Waals surface area contributed by atoms with Gasteiger partial charge in [0.1, 0.15) is 46.0 Å². The molecule has 0 aliphatic heterocycles. The number of nitrogen functional groups attached to an aromatic ring is 1. The molecule has 117 heavy (non-hydrogen) atoms. The second-order valence-corrected chi connectivity index (χ2v) is 62.8. The van der Waals surface area contributed by atoms with Crippen LogP contribution in [-0.4, -0.2) is 112 Å². The van der Waals surface area contributed by atoms with Gasteiger partial charge in [-0.2, -0.15) is 0 Å². The van der Waals surface area contributed by atoms with Crippen LogP contribution in [0.3, 0.4) is 0 Å². The number of nitrogens with two attached hydrogens (primary N) is 2. The molecule has 28 nitrogen and oxygen atoms in total.